The van der Waals surface area contributed by atoms with E-state index in [-0.39, 0.29) is 5.56 Å². The number of H-pyrrole nitrogens is 1. The van der Waals surface area contributed by atoms with Gasteiger partial charge in [-0.05, 0) is 35.9 Å². The molecule has 1 N–H and O–H groups in total. The average molecular weight is 397 g/mol. The summed E-state index contributed by atoms with van der Waals surface area (Å²) in [6.07, 6.45) is 3.04. The lowest BCUT2D eigenvalue weighted by Crippen LogP contribution is -2.17. The molecule has 4 rings (SSSR count). The van der Waals surface area contributed by atoms with Gasteiger partial charge in [0.2, 0.25) is 0 Å². The van der Waals surface area contributed by atoms with E-state index < -0.39 is 0 Å². The van der Waals surface area contributed by atoms with Crippen molar-refractivity contribution in [1.82, 2.24) is 14.6 Å². The highest BCUT2D eigenvalue weighted by Gasteiger charge is 2.11. The normalized spacial score (nSPS) is 11.6. The molecule has 124 valence electrons. The van der Waals surface area contributed by atoms with E-state index in [0.29, 0.717) is 16.8 Å². The van der Waals surface area contributed by atoms with Gasteiger partial charge in [-0.25, -0.2) is 4.98 Å². The van der Waals surface area contributed by atoms with Crippen LogP contribution >= 0.6 is 15.9 Å². The second-order valence-electron chi connectivity index (χ2n) is 5.45. The predicted molar refractivity (Wildman–Crippen MR) is 102 cm³/mol. The number of aromatic nitrogens is 3. The largest absolute Gasteiger partial charge is 0.497 e. The van der Waals surface area contributed by atoms with Crippen LogP contribution in [0, 0.1) is 0 Å². The average Bonchev–Trinajstić information content (AvgIpc) is 3.01. The molecule has 0 aliphatic rings. The molecule has 0 bridgehead atoms. The Balaban J connectivity index is 1.81. The van der Waals surface area contributed by atoms with Crippen LogP contribution in [0.4, 0.5) is 0 Å². The van der Waals surface area contributed by atoms with Gasteiger partial charge in [0, 0.05) is 15.4 Å². The molecule has 7 heteroatoms. The molecule has 2 aromatic heterocycles. The fourth-order valence-corrected chi connectivity index (χ4v) is 2.88. The van der Waals surface area contributed by atoms with E-state index in [0.717, 1.165) is 20.9 Å². The van der Waals surface area contributed by atoms with Crippen molar-refractivity contribution in [2.75, 3.05) is 7.11 Å². The van der Waals surface area contributed by atoms with Gasteiger partial charge < -0.3 is 9.72 Å². The number of ether oxygens (including phenoxy) is 1. The molecule has 0 radical (unpaired) electrons. The van der Waals surface area contributed by atoms with Crippen molar-refractivity contribution < 1.29 is 4.74 Å². The number of benzene rings is 2. The van der Waals surface area contributed by atoms with Crippen molar-refractivity contribution in [2.24, 2.45) is 5.10 Å². The Morgan fingerprint density at radius 3 is 2.80 bits per heavy atom. The molecule has 0 saturated heterocycles. The molecule has 2 heterocycles. The van der Waals surface area contributed by atoms with Gasteiger partial charge in [-0.1, -0.05) is 28.1 Å². The lowest BCUT2D eigenvalue weighted by atomic mass is 10.2. The molecule has 25 heavy (non-hydrogen) atoms. The van der Waals surface area contributed by atoms with Crippen LogP contribution in [0.5, 0.6) is 5.75 Å². The highest BCUT2D eigenvalue weighted by atomic mass is 79.9. The molecule has 0 fully saturated rings. The van der Waals surface area contributed by atoms with E-state index >= 15 is 0 Å². The molecule has 4 aromatic rings. The monoisotopic (exact) mass is 396 g/mol. The maximum atomic E-state index is 12.7. The zero-order chi connectivity index (χ0) is 17.4. The van der Waals surface area contributed by atoms with E-state index in [1.807, 2.05) is 42.5 Å². The highest BCUT2D eigenvalue weighted by Crippen LogP contribution is 2.25. The van der Waals surface area contributed by atoms with Crippen molar-refractivity contribution in [3.05, 3.63) is 69.2 Å². The second kappa shape index (κ2) is 6.18. The Labute approximate surface area is 150 Å². The number of rotatable bonds is 3. The van der Waals surface area contributed by atoms with Crippen LogP contribution in [0.1, 0.15) is 5.56 Å². The van der Waals surface area contributed by atoms with Crippen LogP contribution < -0.4 is 10.3 Å². The molecule has 6 nitrogen and oxygen atoms in total. The van der Waals surface area contributed by atoms with Gasteiger partial charge in [-0.15, -0.1) is 0 Å². The molecule has 0 amide bonds. The van der Waals surface area contributed by atoms with Gasteiger partial charge in [0.05, 0.1) is 13.3 Å². The van der Waals surface area contributed by atoms with Crippen LogP contribution in [0.2, 0.25) is 0 Å². The second-order valence-corrected chi connectivity index (χ2v) is 6.37. The quantitative estimate of drug-likeness (QED) is 0.538. The SMILES string of the molecule is COc1ccc2[nH]c3c(=O)n(/N=C\c4ccc(Br)cc4)cnc3c2c1. The third-order valence-electron chi connectivity index (χ3n) is 3.90. The Morgan fingerprint density at radius 1 is 1.24 bits per heavy atom. The third-order valence-corrected chi connectivity index (χ3v) is 4.43. The fourth-order valence-electron chi connectivity index (χ4n) is 2.61. The minimum absolute atomic E-state index is 0.256. The van der Waals surface area contributed by atoms with Crippen molar-refractivity contribution in [3.63, 3.8) is 0 Å². The number of hydrogen-bond donors (Lipinski definition) is 1. The van der Waals surface area contributed by atoms with E-state index in [2.05, 4.69) is 31.0 Å². The maximum Gasteiger partial charge on any atom is 0.298 e. The number of hydrogen-bond acceptors (Lipinski definition) is 4. The zero-order valence-corrected chi connectivity index (χ0v) is 14.8. The molecule has 0 spiro atoms. The van der Waals surface area contributed by atoms with Crippen molar-refractivity contribution >= 4 is 44.1 Å². The van der Waals surface area contributed by atoms with Gasteiger partial charge in [0.25, 0.3) is 5.56 Å². The van der Waals surface area contributed by atoms with Crippen molar-refractivity contribution in [2.45, 2.75) is 0 Å². The summed E-state index contributed by atoms with van der Waals surface area (Å²) in [5.41, 5.74) is 2.48. The molecular weight excluding hydrogens is 384 g/mol. The standard InChI is InChI=1S/C18H13BrN4O2/c1-25-13-6-7-15-14(8-13)16-17(22-15)18(24)23(10-20-16)21-9-11-2-4-12(19)5-3-11/h2-10,22H,1H3/b21-9-. The van der Waals surface area contributed by atoms with E-state index in [9.17, 15) is 4.79 Å². The summed E-state index contributed by atoms with van der Waals surface area (Å²) in [6.45, 7) is 0. The first-order valence-corrected chi connectivity index (χ1v) is 8.32. The summed E-state index contributed by atoms with van der Waals surface area (Å²) >= 11 is 3.38. The molecule has 0 aliphatic carbocycles. The number of fused-ring (bicyclic) bond motifs is 3. The van der Waals surface area contributed by atoms with Crippen LogP contribution in [0.3, 0.4) is 0 Å². The first-order chi connectivity index (χ1) is 12.2. The molecule has 0 saturated carbocycles. The summed E-state index contributed by atoms with van der Waals surface area (Å²) in [5, 5.41) is 5.06. The number of nitrogens with zero attached hydrogens (tertiary/aromatic N) is 3. The summed E-state index contributed by atoms with van der Waals surface area (Å²) in [6, 6.07) is 13.2. The lowest BCUT2D eigenvalue weighted by molar-refractivity contribution is 0.415. The lowest BCUT2D eigenvalue weighted by Gasteiger charge is -1.99. The van der Waals surface area contributed by atoms with Gasteiger partial charge in [-0.3, -0.25) is 4.79 Å². The number of aromatic amines is 1. The molecule has 0 atom stereocenters. The number of halogens is 1. The van der Waals surface area contributed by atoms with Crippen LogP contribution in [-0.4, -0.2) is 28.0 Å². The van der Waals surface area contributed by atoms with Crippen molar-refractivity contribution in [1.29, 1.82) is 0 Å². The minimum atomic E-state index is -0.256. The first kappa shape index (κ1) is 15.6. The Morgan fingerprint density at radius 2 is 2.04 bits per heavy atom. The third kappa shape index (κ3) is 2.83. The van der Waals surface area contributed by atoms with E-state index in [1.54, 1.807) is 13.3 Å². The number of methoxy groups -OCH3 is 1. The Kier molecular flexibility index (Phi) is 3.85. The van der Waals surface area contributed by atoms with Crippen molar-refractivity contribution in [3.8, 4) is 5.75 Å². The molecular formula is C18H13BrN4O2. The molecule has 2 aromatic carbocycles. The van der Waals surface area contributed by atoms with Gasteiger partial charge in [-0.2, -0.15) is 9.78 Å². The Hall–Kier alpha value is -2.93. The molecule has 0 aliphatic heterocycles. The van der Waals surface area contributed by atoms with Gasteiger partial charge in [0.1, 0.15) is 23.1 Å². The summed E-state index contributed by atoms with van der Waals surface area (Å²) in [4.78, 5) is 20.2. The van der Waals surface area contributed by atoms with Crippen LogP contribution in [-0.2, 0) is 0 Å². The fraction of sp³-hybridized carbons (Fsp3) is 0.0556. The van der Waals surface area contributed by atoms with Gasteiger partial charge >= 0.3 is 0 Å². The number of nitrogens with one attached hydrogen (secondary N) is 1. The summed E-state index contributed by atoms with van der Waals surface area (Å²) in [5.74, 6) is 0.715. The zero-order valence-electron chi connectivity index (χ0n) is 13.2. The van der Waals surface area contributed by atoms with E-state index in [4.69, 9.17) is 4.74 Å². The molecule has 0 unspecified atom stereocenters. The van der Waals surface area contributed by atoms with Crippen LogP contribution in [0.15, 0.2) is 63.2 Å². The topological polar surface area (TPSA) is 72.3 Å². The smallest absolute Gasteiger partial charge is 0.298 e. The first-order valence-electron chi connectivity index (χ1n) is 7.53. The highest BCUT2D eigenvalue weighted by molar-refractivity contribution is 9.10. The predicted octanol–water partition coefficient (Wildman–Crippen LogP) is 3.53. The van der Waals surface area contributed by atoms with Crippen LogP contribution in [0.25, 0.3) is 21.9 Å². The van der Waals surface area contributed by atoms with E-state index in [1.165, 1.54) is 11.0 Å². The minimum Gasteiger partial charge on any atom is -0.497 e. The summed E-state index contributed by atoms with van der Waals surface area (Å²) in [7, 11) is 1.60. The van der Waals surface area contributed by atoms with Gasteiger partial charge in [0.15, 0.2) is 0 Å². The summed E-state index contributed by atoms with van der Waals surface area (Å²) < 4.78 is 7.44. The Bertz CT molecular complexity index is 1160. The maximum absolute atomic E-state index is 12.7.